The van der Waals surface area contributed by atoms with E-state index in [1.165, 1.54) is 0 Å². The summed E-state index contributed by atoms with van der Waals surface area (Å²) in [6.45, 7) is 7.04. The predicted molar refractivity (Wildman–Crippen MR) is 111 cm³/mol. The molecule has 0 heterocycles. The van der Waals surface area contributed by atoms with Crippen LogP contribution in [0.3, 0.4) is 0 Å². The number of rotatable bonds is 12. The van der Waals surface area contributed by atoms with E-state index in [-0.39, 0.29) is 49.0 Å². The van der Waals surface area contributed by atoms with E-state index < -0.39 is 33.0 Å². The molecular formula is C16H26Li2O8P2S2. The first-order valence-electron chi connectivity index (χ1n) is 8.65. The largest absolute Gasteiger partial charge is 1.00 e. The summed E-state index contributed by atoms with van der Waals surface area (Å²) in [5.41, 5.74) is 0.233. The molecule has 0 aliphatic carbocycles. The Balaban J connectivity index is 0. The van der Waals surface area contributed by atoms with Crippen molar-refractivity contribution in [1.82, 2.24) is 0 Å². The fraction of sp³-hybridized carbons (Fsp3) is 0.625. The third-order valence-electron chi connectivity index (χ3n) is 3.67. The van der Waals surface area contributed by atoms with Crippen LogP contribution in [-0.4, -0.2) is 49.5 Å². The Bertz CT molecular complexity index is 770. The van der Waals surface area contributed by atoms with Gasteiger partial charge in [-0.05, 0) is 48.6 Å². The Morgan fingerprint density at radius 2 is 1.07 bits per heavy atom. The van der Waals surface area contributed by atoms with Crippen LogP contribution in [0.5, 0.6) is 0 Å². The molecule has 1 aromatic rings. The van der Waals surface area contributed by atoms with Gasteiger partial charge < -0.3 is 9.11 Å². The number of benzene rings is 1. The average molecular weight is 486 g/mol. The van der Waals surface area contributed by atoms with Crippen molar-refractivity contribution in [2.24, 2.45) is 0 Å². The van der Waals surface area contributed by atoms with E-state index in [4.69, 9.17) is 0 Å². The van der Waals surface area contributed by atoms with Gasteiger partial charge >= 0.3 is 37.7 Å². The van der Waals surface area contributed by atoms with Gasteiger partial charge in [0.15, 0.2) is 0 Å². The van der Waals surface area contributed by atoms with Crippen molar-refractivity contribution in [3.63, 3.8) is 0 Å². The zero-order chi connectivity index (χ0) is 21.5. The predicted octanol–water partition coefficient (Wildman–Crippen LogP) is -4.41. The first kappa shape index (κ1) is 33.2. The summed E-state index contributed by atoms with van der Waals surface area (Å²) in [6, 6.07) is 7.85. The Morgan fingerprint density at radius 3 is 1.33 bits per heavy atom. The molecule has 0 saturated carbocycles. The maximum atomic E-state index is 10.7. The maximum absolute atomic E-state index is 10.7. The Kier molecular flexibility index (Phi) is 16.6. The topological polar surface area (TPSA) is 133 Å². The van der Waals surface area contributed by atoms with Crippen molar-refractivity contribution in [2.75, 3.05) is 0 Å². The summed E-state index contributed by atoms with van der Waals surface area (Å²) in [7, 11) is -8.63. The summed E-state index contributed by atoms with van der Waals surface area (Å²) in [6.07, 6.45) is -0.519. The molecule has 1 aromatic carbocycles. The molecule has 0 radical (unpaired) electrons. The van der Waals surface area contributed by atoms with Crippen molar-refractivity contribution in [1.29, 1.82) is 0 Å². The molecule has 0 aromatic heterocycles. The zero-order valence-electron chi connectivity index (χ0n) is 18.1. The molecule has 0 aliphatic heterocycles. The van der Waals surface area contributed by atoms with Crippen LogP contribution in [-0.2, 0) is 29.2 Å². The van der Waals surface area contributed by atoms with Crippen LogP contribution in [0.4, 0.5) is 0 Å². The van der Waals surface area contributed by atoms with Crippen LogP contribution in [0.15, 0.2) is 24.3 Å². The quantitative estimate of drug-likeness (QED) is 0.125. The van der Waals surface area contributed by atoms with Crippen LogP contribution in [0.2, 0.25) is 0 Å². The summed E-state index contributed by atoms with van der Waals surface area (Å²) in [5, 5.41) is 2.25. The van der Waals surface area contributed by atoms with E-state index >= 15 is 0 Å². The molecule has 0 N–H and O–H groups in total. The second-order valence-corrected chi connectivity index (χ2v) is 12.4. The van der Waals surface area contributed by atoms with Gasteiger partial charge in [0.25, 0.3) is 0 Å². The van der Waals surface area contributed by atoms with E-state index in [9.17, 15) is 25.9 Å². The molecule has 0 aliphatic rings. The molecule has 14 heteroatoms. The second kappa shape index (κ2) is 15.0. The Labute approximate surface area is 207 Å². The number of hydrogen-bond acceptors (Lipinski definition) is 8. The number of hydrogen-bond donors (Lipinski definition) is 0. The smallest absolute Gasteiger partial charge is 0.726 e. The molecule has 30 heavy (non-hydrogen) atoms. The molecule has 0 amide bonds. The van der Waals surface area contributed by atoms with Crippen LogP contribution >= 0.6 is 17.2 Å². The normalized spacial score (nSPS) is 16.7. The molecule has 0 fully saturated rings. The van der Waals surface area contributed by atoms with E-state index in [1.54, 1.807) is 13.8 Å². The summed E-state index contributed by atoms with van der Waals surface area (Å²) < 4.78 is 73.1. The van der Waals surface area contributed by atoms with Crippen LogP contribution in [0.1, 0.15) is 40.5 Å². The molecule has 0 bridgehead atoms. The van der Waals surface area contributed by atoms with Crippen molar-refractivity contribution >= 4 is 48.6 Å². The molecule has 1 rings (SSSR count). The minimum atomic E-state index is -4.71. The van der Waals surface area contributed by atoms with Crippen molar-refractivity contribution < 1.29 is 72.0 Å². The minimum absolute atomic E-state index is 0. The fourth-order valence-electron chi connectivity index (χ4n) is 2.86. The van der Waals surface area contributed by atoms with Gasteiger partial charge in [0.1, 0.15) is 0 Å². The van der Waals surface area contributed by atoms with E-state index in [1.807, 2.05) is 38.1 Å². The zero-order valence-corrected chi connectivity index (χ0v) is 21.7. The van der Waals surface area contributed by atoms with Crippen LogP contribution < -0.4 is 48.3 Å². The van der Waals surface area contributed by atoms with Gasteiger partial charge in [0, 0.05) is 0 Å². The molecular weight excluding hydrogens is 460 g/mol. The van der Waals surface area contributed by atoms with Crippen molar-refractivity contribution in [3.8, 4) is 0 Å². The van der Waals surface area contributed by atoms with E-state index in [0.29, 0.717) is 30.0 Å². The third kappa shape index (κ3) is 15.8. The first-order chi connectivity index (χ1) is 12.7. The minimum Gasteiger partial charge on any atom is -0.726 e. The standard InChI is InChI=1S/C16H28O8P2S2.2Li/c1-11(23-27(17,18)19)9-13(3)25-15-7-5-6-8-16(15)26-14(4)10-12(2)24-28(20,21)22;;/h5-8,11-14,25-26H,9-10H2,1-4H3,(H,17,18,19)(H,20,21,22);;/q;2*+1/p-2/t11-,12-,13+,14+;;/m0../s1. The molecule has 162 valence electrons. The van der Waals surface area contributed by atoms with Gasteiger partial charge in [0.05, 0.1) is 12.2 Å². The van der Waals surface area contributed by atoms with Gasteiger partial charge in [-0.2, -0.15) is 0 Å². The van der Waals surface area contributed by atoms with Crippen molar-refractivity contribution in [2.45, 2.75) is 64.1 Å². The summed E-state index contributed by atoms with van der Waals surface area (Å²) >= 11 is 0. The summed E-state index contributed by atoms with van der Waals surface area (Å²) in [4.78, 5) is 0. The molecule has 0 saturated heterocycles. The van der Waals surface area contributed by atoms with Gasteiger partial charge in [-0.25, -0.2) is 16.8 Å². The maximum Gasteiger partial charge on any atom is 1.00 e. The third-order valence-corrected chi connectivity index (χ3v) is 8.00. The van der Waals surface area contributed by atoms with E-state index in [0.717, 1.165) is 10.6 Å². The van der Waals surface area contributed by atoms with Gasteiger partial charge in [-0.15, -0.1) is 0 Å². The Hall–Kier alpha value is 1.01. The van der Waals surface area contributed by atoms with Crippen LogP contribution in [0, 0.1) is 0 Å². The monoisotopic (exact) mass is 486 g/mol. The Morgan fingerprint density at radius 1 is 0.767 bits per heavy atom. The van der Waals surface area contributed by atoms with Gasteiger partial charge in [-0.3, -0.25) is 8.37 Å². The van der Waals surface area contributed by atoms with Crippen molar-refractivity contribution in [3.05, 3.63) is 24.3 Å². The SMILES string of the molecule is C[C@H](C[C@H](C)OS(=O)(=O)[O-])Pc1ccccc1P[C@H](C)C[C@H](C)OS(=O)(=O)[O-].[Li+].[Li+]. The molecule has 8 nitrogen and oxygen atoms in total. The van der Waals surface area contributed by atoms with Gasteiger partial charge in [0.2, 0.25) is 20.8 Å². The van der Waals surface area contributed by atoms with E-state index in [2.05, 4.69) is 8.37 Å². The van der Waals surface area contributed by atoms with Gasteiger partial charge in [-0.1, -0.05) is 55.3 Å². The second-order valence-electron chi connectivity index (χ2n) is 6.74. The molecule has 2 unspecified atom stereocenters. The molecule has 0 spiro atoms. The summed E-state index contributed by atoms with van der Waals surface area (Å²) in [5.74, 6) is 0. The first-order valence-corrected chi connectivity index (χ1v) is 13.5. The fourth-order valence-corrected chi connectivity index (χ4v) is 7.08. The van der Waals surface area contributed by atoms with Crippen LogP contribution in [0.25, 0.3) is 0 Å². The molecule has 6 atom stereocenters. The average Bonchev–Trinajstić information content (AvgIpc) is 2.44.